The van der Waals surface area contributed by atoms with Gasteiger partial charge in [0, 0.05) is 19.3 Å². The minimum atomic E-state index is -3.64. The summed E-state index contributed by atoms with van der Waals surface area (Å²) in [6.07, 6.45) is 1.72. The van der Waals surface area contributed by atoms with Gasteiger partial charge >= 0.3 is 0 Å². The number of sulfonamides is 1. The fourth-order valence-electron chi connectivity index (χ4n) is 2.96. The number of hydrogen-bond donors (Lipinski definition) is 3. The average Bonchev–Trinajstić information content (AvgIpc) is 2.73. The lowest BCUT2D eigenvalue weighted by Gasteiger charge is -2.13. The molecule has 2 aromatic heterocycles. The molecule has 10 heteroatoms. The van der Waals surface area contributed by atoms with Crippen LogP contribution in [-0.4, -0.2) is 43.8 Å². The first-order chi connectivity index (χ1) is 14.8. The molecule has 3 aromatic rings. The highest BCUT2D eigenvalue weighted by atomic mass is 32.2. The van der Waals surface area contributed by atoms with E-state index >= 15 is 0 Å². The molecule has 0 aliphatic rings. The van der Waals surface area contributed by atoms with E-state index in [1.54, 1.807) is 44.5 Å². The number of benzene rings is 1. The Bertz CT molecular complexity index is 1150. The molecule has 0 amide bonds. The second-order valence-electron chi connectivity index (χ2n) is 7.06. The lowest BCUT2D eigenvalue weighted by atomic mass is 10.1. The highest BCUT2D eigenvalue weighted by Gasteiger charge is 2.18. The summed E-state index contributed by atoms with van der Waals surface area (Å²) < 4.78 is 33.1. The zero-order valence-corrected chi connectivity index (χ0v) is 18.7. The van der Waals surface area contributed by atoms with Crippen LogP contribution in [0, 0.1) is 20.8 Å². The largest absolute Gasteiger partial charge is 0.496 e. The zero-order chi connectivity index (χ0) is 22.4. The Balaban J connectivity index is 1.53. The summed E-state index contributed by atoms with van der Waals surface area (Å²) in [5.41, 5.74) is 2.47. The smallest absolute Gasteiger partial charge is 0.240 e. The maximum Gasteiger partial charge on any atom is 0.240 e. The lowest BCUT2D eigenvalue weighted by molar-refractivity contribution is 0.411. The van der Waals surface area contributed by atoms with Crippen LogP contribution in [-0.2, 0) is 10.0 Å². The fraction of sp³-hybridized carbons (Fsp3) is 0.286. The maximum atomic E-state index is 12.6. The Hall–Kier alpha value is -3.24. The van der Waals surface area contributed by atoms with Crippen molar-refractivity contribution in [3.05, 3.63) is 59.3 Å². The van der Waals surface area contributed by atoms with Gasteiger partial charge in [-0.25, -0.2) is 18.1 Å². The molecule has 0 fully saturated rings. The number of nitrogens with zero attached hydrogens (tertiary/aromatic N) is 3. The van der Waals surface area contributed by atoms with E-state index in [1.807, 2.05) is 26.0 Å². The summed E-state index contributed by atoms with van der Waals surface area (Å²) >= 11 is 0. The highest BCUT2D eigenvalue weighted by molar-refractivity contribution is 7.89. The zero-order valence-electron chi connectivity index (χ0n) is 17.9. The number of nitrogens with one attached hydrogen (secondary N) is 3. The molecule has 3 N–H and O–H groups in total. The normalized spacial score (nSPS) is 11.2. The quantitative estimate of drug-likeness (QED) is 0.433. The van der Waals surface area contributed by atoms with Crippen LogP contribution < -0.4 is 20.1 Å². The summed E-state index contributed by atoms with van der Waals surface area (Å²) in [5.74, 6) is 2.45. The summed E-state index contributed by atoms with van der Waals surface area (Å²) in [6, 6.07) is 10.7. The molecule has 0 saturated heterocycles. The molecule has 2 heterocycles. The van der Waals surface area contributed by atoms with Crippen LogP contribution in [0.4, 0.5) is 17.5 Å². The standard InChI is InChI=1S/C21H26N6O3S/c1-14-7-8-22-21(11-14)25-20-6-5-19(26-27-20)23-9-10-24-31(28,29)18-13-15(2)17(30-4)12-16(18)3/h5-8,11-13,24H,9-10H2,1-4H3,(H,23,26)(H,22,25,27). The van der Waals surface area contributed by atoms with Crippen LogP contribution in [0.5, 0.6) is 5.75 Å². The van der Waals surface area contributed by atoms with Gasteiger partial charge in [0.05, 0.1) is 12.0 Å². The molecule has 0 atom stereocenters. The average molecular weight is 443 g/mol. The Kier molecular flexibility index (Phi) is 7.03. The Morgan fingerprint density at radius 3 is 2.32 bits per heavy atom. The number of ether oxygens (including phenoxy) is 1. The van der Waals surface area contributed by atoms with Crippen LogP contribution in [0.3, 0.4) is 0 Å². The maximum absolute atomic E-state index is 12.6. The molecule has 0 aliphatic heterocycles. The first kappa shape index (κ1) is 22.4. The van der Waals surface area contributed by atoms with Crippen molar-refractivity contribution in [3.8, 4) is 5.75 Å². The predicted molar refractivity (Wildman–Crippen MR) is 120 cm³/mol. The van der Waals surface area contributed by atoms with Gasteiger partial charge in [0.1, 0.15) is 17.4 Å². The van der Waals surface area contributed by atoms with Crippen LogP contribution in [0.1, 0.15) is 16.7 Å². The van der Waals surface area contributed by atoms with Gasteiger partial charge in [0.15, 0.2) is 5.82 Å². The van der Waals surface area contributed by atoms with E-state index in [2.05, 4.69) is 30.5 Å². The van der Waals surface area contributed by atoms with Crippen molar-refractivity contribution in [1.82, 2.24) is 19.9 Å². The lowest BCUT2D eigenvalue weighted by Crippen LogP contribution is -2.29. The van der Waals surface area contributed by atoms with E-state index < -0.39 is 10.0 Å². The second kappa shape index (κ2) is 9.71. The minimum absolute atomic E-state index is 0.196. The SMILES string of the molecule is COc1cc(C)c(S(=O)(=O)NCCNc2ccc(Nc3cc(C)ccn3)nn2)cc1C. The summed E-state index contributed by atoms with van der Waals surface area (Å²) in [6.45, 7) is 6.09. The van der Waals surface area contributed by atoms with Gasteiger partial charge in [-0.05, 0) is 73.9 Å². The first-order valence-corrected chi connectivity index (χ1v) is 11.2. The first-order valence-electron chi connectivity index (χ1n) is 9.70. The van der Waals surface area contributed by atoms with Crippen molar-refractivity contribution in [2.45, 2.75) is 25.7 Å². The van der Waals surface area contributed by atoms with Crippen molar-refractivity contribution in [1.29, 1.82) is 0 Å². The number of aromatic nitrogens is 3. The van der Waals surface area contributed by atoms with Crippen molar-refractivity contribution in [3.63, 3.8) is 0 Å². The van der Waals surface area contributed by atoms with Crippen LogP contribution >= 0.6 is 0 Å². The van der Waals surface area contributed by atoms with Crippen LogP contribution in [0.15, 0.2) is 47.5 Å². The second-order valence-corrected chi connectivity index (χ2v) is 8.79. The molecule has 9 nitrogen and oxygen atoms in total. The molecular formula is C21H26N6O3S. The van der Waals surface area contributed by atoms with E-state index in [0.29, 0.717) is 35.3 Å². The van der Waals surface area contributed by atoms with Crippen molar-refractivity contribution >= 4 is 27.5 Å². The van der Waals surface area contributed by atoms with Crippen molar-refractivity contribution < 1.29 is 13.2 Å². The fourth-order valence-corrected chi connectivity index (χ4v) is 4.30. The number of rotatable bonds is 9. The molecule has 3 rings (SSSR count). The van der Waals surface area contributed by atoms with Gasteiger partial charge in [0.25, 0.3) is 0 Å². The number of pyridine rings is 1. The molecule has 1 aromatic carbocycles. The van der Waals surface area contributed by atoms with Crippen molar-refractivity contribution in [2.75, 3.05) is 30.8 Å². The number of aryl methyl sites for hydroxylation is 3. The molecule has 0 saturated carbocycles. The van der Waals surface area contributed by atoms with Gasteiger partial charge in [-0.3, -0.25) is 0 Å². The van der Waals surface area contributed by atoms with Gasteiger partial charge in [-0.15, -0.1) is 10.2 Å². The summed E-state index contributed by atoms with van der Waals surface area (Å²) in [7, 11) is -2.08. The molecule has 31 heavy (non-hydrogen) atoms. The van der Waals surface area contributed by atoms with Crippen LogP contribution in [0.25, 0.3) is 0 Å². The number of anilines is 3. The molecule has 0 radical (unpaired) electrons. The minimum Gasteiger partial charge on any atom is -0.496 e. The van der Waals surface area contributed by atoms with Crippen LogP contribution in [0.2, 0.25) is 0 Å². The number of hydrogen-bond acceptors (Lipinski definition) is 8. The topological polar surface area (TPSA) is 118 Å². The Labute approximate surface area is 182 Å². The Morgan fingerprint density at radius 1 is 0.903 bits per heavy atom. The van der Waals surface area contributed by atoms with E-state index in [1.165, 1.54) is 0 Å². The third-order valence-corrected chi connectivity index (χ3v) is 6.14. The summed E-state index contributed by atoms with van der Waals surface area (Å²) in [5, 5.41) is 14.3. The predicted octanol–water partition coefficient (Wildman–Crippen LogP) is 2.94. The van der Waals surface area contributed by atoms with Gasteiger partial charge in [-0.2, -0.15) is 0 Å². The molecule has 164 valence electrons. The molecular weight excluding hydrogens is 416 g/mol. The molecule has 0 unspecified atom stereocenters. The Morgan fingerprint density at radius 2 is 1.65 bits per heavy atom. The monoisotopic (exact) mass is 442 g/mol. The van der Waals surface area contributed by atoms with Crippen molar-refractivity contribution in [2.24, 2.45) is 0 Å². The molecule has 0 bridgehead atoms. The van der Waals surface area contributed by atoms with E-state index in [9.17, 15) is 8.42 Å². The molecule has 0 spiro atoms. The number of methoxy groups -OCH3 is 1. The molecule has 0 aliphatic carbocycles. The van der Waals surface area contributed by atoms with E-state index in [4.69, 9.17) is 4.74 Å². The van der Waals surface area contributed by atoms with E-state index in [0.717, 1.165) is 11.1 Å². The van der Waals surface area contributed by atoms with Gasteiger partial charge in [-0.1, -0.05) is 0 Å². The third kappa shape index (κ3) is 5.89. The third-order valence-electron chi connectivity index (χ3n) is 4.54. The van der Waals surface area contributed by atoms with Gasteiger partial charge in [0.2, 0.25) is 10.0 Å². The van der Waals surface area contributed by atoms with E-state index in [-0.39, 0.29) is 11.4 Å². The van der Waals surface area contributed by atoms with Gasteiger partial charge < -0.3 is 15.4 Å². The highest BCUT2D eigenvalue weighted by Crippen LogP contribution is 2.25. The summed E-state index contributed by atoms with van der Waals surface area (Å²) in [4.78, 5) is 4.46.